The third-order valence-electron chi connectivity index (χ3n) is 1.91. The van der Waals surface area contributed by atoms with Crippen LogP contribution in [0.15, 0.2) is 36.9 Å². The second kappa shape index (κ2) is 6.32. The van der Waals surface area contributed by atoms with Crippen LogP contribution in [0.3, 0.4) is 0 Å². The Kier molecular flexibility index (Phi) is 4.75. The Labute approximate surface area is 99.4 Å². The summed E-state index contributed by atoms with van der Waals surface area (Å²) in [5, 5.41) is 0. The third kappa shape index (κ3) is 3.98. The third-order valence-corrected chi connectivity index (χ3v) is 1.91. The van der Waals surface area contributed by atoms with E-state index in [1.54, 1.807) is 6.92 Å². The first-order chi connectivity index (χ1) is 8.15. The molecule has 1 rings (SSSR count). The van der Waals surface area contributed by atoms with E-state index in [0.717, 1.165) is 5.56 Å². The Bertz CT molecular complexity index is 415. The van der Waals surface area contributed by atoms with Crippen LogP contribution in [0, 0.1) is 0 Å². The number of benzene rings is 1. The summed E-state index contributed by atoms with van der Waals surface area (Å²) in [5.74, 6) is -1.79. The molecule has 0 aliphatic carbocycles. The normalized spacial score (nSPS) is 9.24. The van der Waals surface area contributed by atoms with Crippen LogP contribution in [-0.4, -0.2) is 18.5 Å². The molecule has 0 unspecified atom stereocenters. The number of esters is 1. The fourth-order valence-electron chi connectivity index (χ4n) is 1.09. The van der Waals surface area contributed by atoms with E-state index in [1.165, 1.54) is 0 Å². The summed E-state index contributed by atoms with van der Waals surface area (Å²) >= 11 is 0. The predicted molar refractivity (Wildman–Crippen MR) is 63.4 cm³/mol. The molecule has 0 aliphatic rings. The number of nitrogens with one attached hydrogen (secondary N) is 2. The van der Waals surface area contributed by atoms with Crippen molar-refractivity contribution in [1.29, 1.82) is 0 Å². The van der Waals surface area contributed by atoms with Crippen molar-refractivity contribution in [2.75, 3.05) is 6.61 Å². The van der Waals surface area contributed by atoms with Gasteiger partial charge < -0.3 is 4.74 Å². The second-order valence-electron chi connectivity index (χ2n) is 3.14. The molecular weight excluding hydrogens is 220 g/mol. The molecule has 5 nitrogen and oxygen atoms in total. The highest BCUT2D eigenvalue weighted by Crippen LogP contribution is 2.06. The zero-order chi connectivity index (χ0) is 12.7. The van der Waals surface area contributed by atoms with E-state index < -0.39 is 11.9 Å². The van der Waals surface area contributed by atoms with E-state index in [4.69, 9.17) is 0 Å². The second-order valence-corrected chi connectivity index (χ2v) is 3.14. The fraction of sp³-hybridized carbons (Fsp3) is 0.167. The topological polar surface area (TPSA) is 67.4 Å². The summed E-state index contributed by atoms with van der Waals surface area (Å²) in [6, 6.07) is 9.20. The van der Waals surface area contributed by atoms with E-state index in [2.05, 4.69) is 22.2 Å². The number of hydrogen-bond acceptors (Lipinski definition) is 4. The lowest BCUT2D eigenvalue weighted by Crippen LogP contribution is -2.41. The lowest BCUT2D eigenvalue weighted by molar-refractivity contribution is -0.154. The molecule has 1 aromatic rings. The molecule has 0 saturated heterocycles. The van der Waals surface area contributed by atoms with Crippen molar-refractivity contribution in [2.24, 2.45) is 0 Å². The molecule has 5 heteroatoms. The Morgan fingerprint density at radius 2 is 1.88 bits per heavy atom. The molecule has 90 valence electrons. The molecule has 0 heterocycles. The molecule has 1 aromatic carbocycles. The number of carbonyl (C=O) groups is 2. The molecular formula is C12H14N2O3. The average Bonchev–Trinajstić information content (AvgIpc) is 2.36. The summed E-state index contributed by atoms with van der Waals surface area (Å²) in [5.41, 5.74) is 6.05. The Balaban J connectivity index is 2.44. The van der Waals surface area contributed by atoms with Crippen molar-refractivity contribution in [2.45, 2.75) is 6.92 Å². The van der Waals surface area contributed by atoms with Crippen molar-refractivity contribution in [3.63, 3.8) is 0 Å². The SMILES string of the molecule is C=C(NNC(=O)C(=O)OCC)c1ccccc1. The monoisotopic (exact) mass is 234 g/mol. The van der Waals surface area contributed by atoms with Gasteiger partial charge in [0.2, 0.25) is 0 Å². The minimum Gasteiger partial charge on any atom is -0.459 e. The average molecular weight is 234 g/mol. The molecule has 0 saturated carbocycles. The minimum atomic E-state index is -0.930. The zero-order valence-corrected chi connectivity index (χ0v) is 9.53. The number of ether oxygens (including phenoxy) is 1. The molecule has 1 amide bonds. The number of rotatable bonds is 4. The number of amides is 1. The molecule has 0 atom stereocenters. The minimum absolute atomic E-state index is 0.159. The van der Waals surface area contributed by atoms with Gasteiger partial charge in [-0.2, -0.15) is 0 Å². The van der Waals surface area contributed by atoms with Gasteiger partial charge in [-0.05, 0) is 12.5 Å². The van der Waals surface area contributed by atoms with Gasteiger partial charge in [0.25, 0.3) is 0 Å². The lowest BCUT2D eigenvalue weighted by Gasteiger charge is -2.10. The van der Waals surface area contributed by atoms with Gasteiger partial charge in [-0.1, -0.05) is 36.9 Å². The number of hydrogen-bond donors (Lipinski definition) is 2. The largest absolute Gasteiger partial charge is 0.459 e. The summed E-state index contributed by atoms with van der Waals surface area (Å²) < 4.78 is 4.52. The van der Waals surface area contributed by atoms with Gasteiger partial charge >= 0.3 is 11.9 Å². The summed E-state index contributed by atoms with van der Waals surface area (Å²) in [7, 11) is 0. The molecule has 0 spiro atoms. The van der Waals surface area contributed by atoms with Crippen molar-refractivity contribution in [1.82, 2.24) is 10.9 Å². The Hall–Kier alpha value is -2.30. The van der Waals surface area contributed by atoms with E-state index >= 15 is 0 Å². The first-order valence-electron chi connectivity index (χ1n) is 5.12. The van der Waals surface area contributed by atoms with Crippen LogP contribution in [0.2, 0.25) is 0 Å². The van der Waals surface area contributed by atoms with Gasteiger partial charge in [0, 0.05) is 0 Å². The fourth-order valence-corrected chi connectivity index (χ4v) is 1.09. The van der Waals surface area contributed by atoms with Crippen LogP contribution in [-0.2, 0) is 14.3 Å². The van der Waals surface area contributed by atoms with Crippen LogP contribution in [0.4, 0.5) is 0 Å². The van der Waals surface area contributed by atoms with Gasteiger partial charge in [-0.15, -0.1) is 0 Å². The van der Waals surface area contributed by atoms with Gasteiger partial charge in [-0.3, -0.25) is 15.6 Å². The Morgan fingerprint density at radius 3 is 2.47 bits per heavy atom. The quantitative estimate of drug-likeness (QED) is 0.460. The van der Waals surface area contributed by atoms with E-state index in [1.807, 2.05) is 30.3 Å². The van der Waals surface area contributed by atoms with E-state index in [0.29, 0.717) is 5.70 Å². The molecule has 2 N–H and O–H groups in total. The number of carbonyl (C=O) groups excluding carboxylic acids is 2. The van der Waals surface area contributed by atoms with Crippen LogP contribution < -0.4 is 10.9 Å². The highest BCUT2D eigenvalue weighted by Gasteiger charge is 2.13. The zero-order valence-electron chi connectivity index (χ0n) is 9.53. The summed E-state index contributed by atoms with van der Waals surface area (Å²) in [6.45, 7) is 5.51. The van der Waals surface area contributed by atoms with Gasteiger partial charge in [-0.25, -0.2) is 4.79 Å². The molecule has 0 fully saturated rings. The highest BCUT2D eigenvalue weighted by atomic mass is 16.5. The molecule has 0 aliphatic heterocycles. The Morgan fingerprint density at radius 1 is 1.24 bits per heavy atom. The van der Waals surface area contributed by atoms with Crippen molar-refractivity contribution < 1.29 is 14.3 Å². The molecule has 0 radical (unpaired) electrons. The van der Waals surface area contributed by atoms with E-state index in [9.17, 15) is 9.59 Å². The van der Waals surface area contributed by atoms with Gasteiger partial charge in [0.05, 0.1) is 12.3 Å². The molecule has 0 bridgehead atoms. The van der Waals surface area contributed by atoms with Gasteiger partial charge in [0.1, 0.15) is 0 Å². The van der Waals surface area contributed by atoms with Crippen LogP contribution in [0.5, 0.6) is 0 Å². The van der Waals surface area contributed by atoms with Crippen molar-refractivity contribution in [3.8, 4) is 0 Å². The maximum atomic E-state index is 11.2. The lowest BCUT2D eigenvalue weighted by atomic mass is 10.2. The smallest absolute Gasteiger partial charge is 0.398 e. The summed E-state index contributed by atoms with van der Waals surface area (Å²) in [4.78, 5) is 22.2. The van der Waals surface area contributed by atoms with E-state index in [-0.39, 0.29) is 6.61 Å². The van der Waals surface area contributed by atoms with Crippen molar-refractivity contribution >= 4 is 17.6 Å². The number of hydrazine groups is 1. The van der Waals surface area contributed by atoms with Crippen LogP contribution in [0.25, 0.3) is 5.70 Å². The predicted octanol–water partition coefficient (Wildman–Crippen LogP) is 0.841. The summed E-state index contributed by atoms with van der Waals surface area (Å²) in [6.07, 6.45) is 0. The highest BCUT2D eigenvalue weighted by molar-refractivity contribution is 6.32. The maximum absolute atomic E-state index is 11.2. The maximum Gasteiger partial charge on any atom is 0.398 e. The molecule has 17 heavy (non-hydrogen) atoms. The van der Waals surface area contributed by atoms with Crippen LogP contribution >= 0.6 is 0 Å². The van der Waals surface area contributed by atoms with Crippen molar-refractivity contribution in [3.05, 3.63) is 42.5 Å². The molecule has 0 aromatic heterocycles. The first-order valence-corrected chi connectivity index (χ1v) is 5.12. The first kappa shape index (κ1) is 12.8. The standard InChI is InChI=1S/C12H14N2O3/c1-3-17-12(16)11(15)14-13-9(2)10-7-5-4-6-8-10/h4-8,13H,2-3H2,1H3,(H,14,15). The van der Waals surface area contributed by atoms with Gasteiger partial charge in [0.15, 0.2) is 0 Å². The van der Waals surface area contributed by atoms with Crippen LogP contribution in [0.1, 0.15) is 12.5 Å².